The lowest BCUT2D eigenvalue weighted by molar-refractivity contribution is -0.115. The zero-order chi connectivity index (χ0) is 21.3. The number of rotatable bonds is 4. The van der Waals surface area contributed by atoms with E-state index in [0.29, 0.717) is 22.8 Å². The van der Waals surface area contributed by atoms with Crippen LogP contribution in [0.25, 0.3) is 0 Å². The van der Waals surface area contributed by atoms with Crippen LogP contribution in [0, 0.1) is 19.7 Å². The maximum Gasteiger partial charge on any atom is 0.343 e. The third kappa shape index (κ3) is 4.07. The quantitative estimate of drug-likeness (QED) is 0.564. The van der Waals surface area contributed by atoms with Crippen LogP contribution < -0.4 is 9.64 Å². The van der Waals surface area contributed by atoms with E-state index in [1.54, 1.807) is 47.5 Å². The molecule has 30 heavy (non-hydrogen) atoms. The Balaban J connectivity index is 1.59. The summed E-state index contributed by atoms with van der Waals surface area (Å²) in [7, 11) is 0. The maximum absolute atomic E-state index is 13.3. The van der Waals surface area contributed by atoms with Crippen LogP contribution in [0.5, 0.6) is 5.75 Å². The van der Waals surface area contributed by atoms with Crippen molar-refractivity contribution in [3.8, 4) is 5.75 Å². The average molecular weight is 422 g/mol. The number of ether oxygens (including phenoxy) is 1. The van der Waals surface area contributed by atoms with E-state index < -0.39 is 5.97 Å². The van der Waals surface area contributed by atoms with Crippen molar-refractivity contribution >= 4 is 29.3 Å². The molecule has 1 atom stereocenters. The van der Waals surface area contributed by atoms with Gasteiger partial charge in [-0.05, 0) is 66.9 Å². The molecule has 2 heterocycles. The number of hydrogen-bond acceptors (Lipinski definition) is 5. The molecule has 1 saturated heterocycles. The summed E-state index contributed by atoms with van der Waals surface area (Å²) < 4.78 is 18.7. The first-order valence-electron chi connectivity index (χ1n) is 9.36. The van der Waals surface area contributed by atoms with E-state index in [1.807, 2.05) is 13.8 Å². The number of hydrogen-bond donors (Lipinski definition) is 0. The Hall–Kier alpha value is -3.19. The van der Waals surface area contributed by atoms with Crippen LogP contribution in [-0.4, -0.2) is 22.6 Å². The van der Waals surface area contributed by atoms with Crippen molar-refractivity contribution in [1.82, 2.24) is 4.98 Å². The number of pyridine rings is 1. The zero-order valence-electron chi connectivity index (χ0n) is 16.5. The summed E-state index contributed by atoms with van der Waals surface area (Å²) in [5.41, 5.74) is 3.61. The van der Waals surface area contributed by atoms with Crippen molar-refractivity contribution in [1.29, 1.82) is 0 Å². The van der Waals surface area contributed by atoms with Crippen molar-refractivity contribution in [3.05, 3.63) is 89.0 Å². The minimum absolute atomic E-state index is 0.0291. The van der Waals surface area contributed by atoms with Gasteiger partial charge < -0.3 is 4.74 Å². The second-order valence-corrected chi connectivity index (χ2v) is 8.14. The van der Waals surface area contributed by atoms with Crippen LogP contribution in [0.4, 0.5) is 10.1 Å². The number of anilines is 1. The van der Waals surface area contributed by atoms with Gasteiger partial charge in [-0.15, -0.1) is 11.8 Å². The lowest BCUT2D eigenvalue weighted by atomic mass is 10.1. The van der Waals surface area contributed by atoms with Gasteiger partial charge in [0, 0.05) is 11.9 Å². The van der Waals surface area contributed by atoms with Gasteiger partial charge in [0.1, 0.15) is 16.9 Å². The number of halogens is 1. The SMILES string of the molecule is Cc1cncc(OC(=O)c2ccc(N3C(=O)CSC3c3ccc(F)cc3)c(C)c2)c1. The molecule has 0 N–H and O–H groups in total. The highest BCUT2D eigenvalue weighted by Crippen LogP contribution is 2.42. The molecule has 3 aromatic rings. The number of amides is 1. The van der Waals surface area contributed by atoms with Crippen molar-refractivity contribution in [3.63, 3.8) is 0 Å². The Morgan fingerprint density at radius 1 is 1.13 bits per heavy atom. The molecule has 1 amide bonds. The predicted octanol–water partition coefficient (Wildman–Crippen LogP) is 4.84. The summed E-state index contributed by atoms with van der Waals surface area (Å²) in [4.78, 5) is 30.8. The predicted molar refractivity (Wildman–Crippen MR) is 114 cm³/mol. The van der Waals surface area contributed by atoms with Crippen LogP contribution in [0.3, 0.4) is 0 Å². The summed E-state index contributed by atoms with van der Waals surface area (Å²) in [6.07, 6.45) is 3.17. The van der Waals surface area contributed by atoms with E-state index in [9.17, 15) is 14.0 Å². The number of carbonyl (C=O) groups excluding carboxylic acids is 2. The molecule has 7 heteroatoms. The highest BCUT2D eigenvalue weighted by atomic mass is 32.2. The fraction of sp³-hybridized carbons (Fsp3) is 0.174. The second kappa shape index (κ2) is 8.28. The molecule has 1 aliphatic rings. The lowest BCUT2D eigenvalue weighted by Crippen LogP contribution is -2.28. The van der Waals surface area contributed by atoms with Gasteiger partial charge in [0.2, 0.25) is 5.91 Å². The number of benzene rings is 2. The Morgan fingerprint density at radius 2 is 1.90 bits per heavy atom. The van der Waals surface area contributed by atoms with Gasteiger partial charge in [-0.25, -0.2) is 9.18 Å². The van der Waals surface area contributed by atoms with E-state index >= 15 is 0 Å². The molecular formula is C23H19FN2O3S. The second-order valence-electron chi connectivity index (χ2n) is 7.07. The summed E-state index contributed by atoms with van der Waals surface area (Å²) in [6, 6.07) is 13.0. The van der Waals surface area contributed by atoms with Gasteiger partial charge in [-0.2, -0.15) is 0 Å². The number of nitrogens with zero attached hydrogens (tertiary/aromatic N) is 2. The van der Waals surface area contributed by atoms with E-state index in [1.165, 1.54) is 30.1 Å². The normalized spacial score (nSPS) is 16.0. The fourth-order valence-corrected chi connectivity index (χ4v) is 4.53. The molecule has 2 aromatic carbocycles. The molecule has 0 radical (unpaired) electrons. The van der Waals surface area contributed by atoms with Crippen molar-refractivity contribution in [2.45, 2.75) is 19.2 Å². The molecule has 1 unspecified atom stereocenters. The molecule has 1 aliphatic heterocycles. The van der Waals surface area contributed by atoms with Crippen molar-refractivity contribution in [2.75, 3.05) is 10.7 Å². The first-order valence-corrected chi connectivity index (χ1v) is 10.4. The van der Waals surface area contributed by atoms with Crippen LogP contribution >= 0.6 is 11.8 Å². The van der Waals surface area contributed by atoms with Gasteiger partial charge in [0.25, 0.3) is 0 Å². The van der Waals surface area contributed by atoms with Gasteiger partial charge in [-0.1, -0.05) is 12.1 Å². The number of thioether (sulfide) groups is 1. The molecule has 0 bridgehead atoms. The lowest BCUT2D eigenvalue weighted by Gasteiger charge is -2.26. The van der Waals surface area contributed by atoms with Crippen molar-refractivity contribution in [2.24, 2.45) is 0 Å². The van der Waals surface area contributed by atoms with Crippen LogP contribution in [-0.2, 0) is 4.79 Å². The number of aromatic nitrogens is 1. The average Bonchev–Trinajstić information content (AvgIpc) is 3.09. The summed E-state index contributed by atoms with van der Waals surface area (Å²) in [6.45, 7) is 3.71. The highest BCUT2D eigenvalue weighted by molar-refractivity contribution is 8.00. The van der Waals surface area contributed by atoms with E-state index in [2.05, 4.69) is 4.98 Å². The van der Waals surface area contributed by atoms with E-state index in [0.717, 1.165) is 16.7 Å². The summed E-state index contributed by atoms with van der Waals surface area (Å²) in [5.74, 6) is -0.120. The molecule has 152 valence electrons. The summed E-state index contributed by atoms with van der Waals surface area (Å²) >= 11 is 1.49. The number of carbonyl (C=O) groups is 2. The van der Waals surface area contributed by atoms with Gasteiger partial charge in [0.05, 0.1) is 17.5 Å². The molecule has 0 aliphatic carbocycles. The number of esters is 1. The monoisotopic (exact) mass is 422 g/mol. The topological polar surface area (TPSA) is 59.5 Å². The van der Waals surface area contributed by atoms with Gasteiger partial charge in [0.15, 0.2) is 0 Å². The largest absolute Gasteiger partial charge is 0.421 e. The van der Waals surface area contributed by atoms with Crippen LogP contribution in [0.15, 0.2) is 60.9 Å². The minimum atomic E-state index is -0.491. The Bertz CT molecular complexity index is 1120. The number of aryl methyl sites for hydroxylation is 2. The van der Waals surface area contributed by atoms with E-state index in [4.69, 9.17) is 4.74 Å². The third-order valence-corrected chi connectivity index (χ3v) is 5.99. The fourth-order valence-electron chi connectivity index (χ4n) is 3.36. The van der Waals surface area contributed by atoms with Gasteiger partial charge >= 0.3 is 5.97 Å². The zero-order valence-corrected chi connectivity index (χ0v) is 17.3. The third-order valence-electron chi connectivity index (χ3n) is 4.78. The first-order chi connectivity index (χ1) is 14.4. The highest BCUT2D eigenvalue weighted by Gasteiger charge is 2.35. The van der Waals surface area contributed by atoms with Gasteiger partial charge in [-0.3, -0.25) is 14.7 Å². The van der Waals surface area contributed by atoms with Crippen molar-refractivity contribution < 1.29 is 18.7 Å². The molecule has 5 nitrogen and oxygen atoms in total. The van der Waals surface area contributed by atoms with Crippen LogP contribution in [0.2, 0.25) is 0 Å². The Morgan fingerprint density at radius 3 is 2.60 bits per heavy atom. The standard InChI is InChI=1S/C23H19FN2O3S/c1-14-9-19(12-25-11-14)29-23(28)17-5-8-20(15(2)10-17)26-21(27)13-30-22(26)16-3-6-18(24)7-4-16/h3-12,22H,13H2,1-2H3. The first kappa shape index (κ1) is 20.1. The van der Waals surface area contributed by atoms with E-state index in [-0.39, 0.29) is 17.1 Å². The molecule has 0 saturated carbocycles. The Kier molecular flexibility index (Phi) is 5.55. The molecule has 4 rings (SSSR count). The molecular weight excluding hydrogens is 403 g/mol. The molecule has 0 spiro atoms. The van der Waals surface area contributed by atoms with Crippen LogP contribution in [0.1, 0.15) is 32.4 Å². The maximum atomic E-state index is 13.3. The molecule has 1 aromatic heterocycles. The minimum Gasteiger partial charge on any atom is -0.421 e. The Labute approximate surface area is 177 Å². The molecule has 1 fully saturated rings. The summed E-state index contributed by atoms with van der Waals surface area (Å²) in [5, 5.41) is -0.243. The smallest absolute Gasteiger partial charge is 0.343 e.